The predicted octanol–water partition coefficient (Wildman–Crippen LogP) is 4.73. The molecule has 0 bridgehead atoms. The molecule has 108 valence electrons. The van der Waals surface area contributed by atoms with Crippen molar-refractivity contribution in [1.82, 2.24) is 5.32 Å². The zero-order chi connectivity index (χ0) is 14.4. The normalized spacial score (nSPS) is 10.8. The molecule has 2 aromatic rings. The first-order valence-corrected chi connectivity index (χ1v) is 8.16. The number of hydrogen-bond donors (Lipinski definition) is 1. The molecule has 0 radical (unpaired) electrons. The van der Waals surface area contributed by atoms with Crippen LogP contribution in [0.4, 0.5) is 4.39 Å². The highest BCUT2D eigenvalue weighted by molar-refractivity contribution is 9.10. The van der Waals surface area contributed by atoms with Gasteiger partial charge in [-0.3, -0.25) is 0 Å². The summed E-state index contributed by atoms with van der Waals surface area (Å²) in [5, 5.41) is 3.36. The molecule has 0 aliphatic rings. The van der Waals surface area contributed by atoms with Gasteiger partial charge in [0.2, 0.25) is 0 Å². The summed E-state index contributed by atoms with van der Waals surface area (Å²) in [4.78, 5) is 2.37. The molecule has 0 unspecified atom stereocenters. The van der Waals surface area contributed by atoms with Crippen LogP contribution in [-0.4, -0.2) is 6.54 Å². The van der Waals surface area contributed by atoms with Gasteiger partial charge in [-0.25, -0.2) is 4.39 Å². The second-order valence-corrected chi connectivity index (χ2v) is 6.58. The Balaban J connectivity index is 1.87. The minimum absolute atomic E-state index is 0.284. The van der Waals surface area contributed by atoms with Crippen LogP contribution in [0.2, 0.25) is 0 Å². The Labute approximate surface area is 131 Å². The summed E-state index contributed by atoms with van der Waals surface area (Å²) in [6, 6.07) is 8.93. The monoisotopic (exact) mass is 357 g/mol. The second kappa shape index (κ2) is 7.76. The molecule has 2 nitrogen and oxygen atoms in total. The maximum atomic E-state index is 13.6. The van der Waals surface area contributed by atoms with Gasteiger partial charge >= 0.3 is 0 Å². The van der Waals surface area contributed by atoms with E-state index in [9.17, 15) is 4.39 Å². The quantitative estimate of drug-likeness (QED) is 0.723. The van der Waals surface area contributed by atoms with E-state index in [1.165, 1.54) is 10.9 Å². The zero-order valence-electron chi connectivity index (χ0n) is 11.3. The van der Waals surface area contributed by atoms with E-state index >= 15 is 0 Å². The van der Waals surface area contributed by atoms with Crippen molar-refractivity contribution in [2.45, 2.75) is 26.5 Å². The molecular formula is C15H17BrFNOS. The van der Waals surface area contributed by atoms with Crippen LogP contribution in [0.1, 0.15) is 23.1 Å². The molecule has 0 saturated heterocycles. The summed E-state index contributed by atoms with van der Waals surface area (Å²) in [6.45, 7) is 4.45. The first-order chi connectivity index (χ1) is 9.69. The number of rotatable bonds is 7. The Morgan fingerprint density at radius 1 is 1.25 bits per heavy atom. The first-order valence-electron chi connectivity index (χ1n) is 6.55. The van der Waals surface area contributed by atoms with Gasteiger partial charge in [0.15, 0.2) is 11.6 Å². The third kappa shape index (κ3) is 4.58. The van der Waals surface area contributed by atoms with Crippen molar-refractivity contribution in [2.24, 2.45) is 0 Å². The Morgan fingerprint density at radius 3 is 2.80 bits per heavy atom. The Hall–Kier alpha value is -0.910. The number of benzene rings is 1. The van der Waals surface area contributed by atoms with E-state index in [1.54, 1.807) is 23.5 Å². The smallest absolute Gasteiger partial charge is 0.166 e. The molecule has 20 heavy (non-hydrogen) atoms. The molecule has 0 spiro atoms. The molecule has 1 aromatic heterocycles. The fourth-order valence-electron chi connectivity index (χ4n) is 1.72. The van der Waals surface area contributed by atoms with Crippen molar-refractivity contribution in [3.63, 3.8) is 0 Å². The van der Waals surface area contributed by atoms with Gasteiger partial charge in [-0.1, -0.05) is 22.9 Å². The highest BCUT2D eigenvalue weighted by Gasteiger charge is 2.06. The topological polar surface area (TPSA) is 21.3 Å². The van der Waals surface area contributed by atoms with Crippen LogP contribution >= 0.6 is 27.3 Å². The fraction of sp³-hybridized carbons (Fsp3) is 0.333. The minimum atomic E-state index is -0.347. The second-order valence-electron chi connectivity index (χ2n) is 4.41. The van der Waals surface area contributed by atoms with Crippen molar-refractivity contribution < 1.29 is 9.13 Å². The van der Waals surface area contributed by atoms with Crippen LogP contribution < -0.4 is 10.1 Å². The predicted molar refractivity (Wildman–Crippen MR) is 84.7 cm³/mol. The van der Waals surface area contributed by atoms with Crippen LogP contribution in [0.5, 0.6) is 5.75 Å². The van der Waals surface area contributed by atoms with E-state index in [-0.39, 0.29) is 11.6 Å². The van der Waals surface area contributed by atoms with E-state index in [2.05, 4.69) is 34.2 Å². The number of halogens is 2. The molecule has 0 aliphatic heterocycles. The van der Waals surface area contributed by atoms with Crippen LogP contribution in [0, 0.1) is 5.82 Å². The van der Waals surface area contributed by atoms with E-state index in [1.807, 2.05) is 6.07 Å². The molecular weight excluding hydrogens is 341 g/mol. The number of thiophene rings is 1. The van der Waals surface area contributed by atoms with Crippen molar-refractivity contribution in [3.8, 4) is 5.75 Å². The lowest BCUT2D eigenvalue weighted by atomic mass is 10.3. The maximum Gasteiger partial charge on any atom is 0.166 e. The van der Waals surface area contributed by atoms with Gasteiger partial charge in [0.05, 0.1) is 0 Å². The van der Waals surface area contributed by atoms with E-state index in [0.717, 1.165) is 24.4 Å². The van der Waals surface area contributed by atoms with E-state index in [4.69, 9.17) is 4.74 Å². The number of nitrogens with one attached hydrogen (secondary N) is 1. The summed E-state index contributed by atoms with van der Waals surface area (Å²) < 4.78 is 19.8. The van der Waals surface area contributed by atoms with Crippen LogP contribution in [0.25, 0.3) is 0 Å². The average Bonchev–Trinajstić information content (AvgIpc) is 2.86. The first kappa shape index (κ1) is 15.5. The van der Waals surface area contributed by atoms with E-state index in [0.29, 0.717) is 11.1 Å². The Bertz CT molecular complexity index is 559. The molecule has 1 heterocycles. The summed E-state index contributed by atoms with van der Waals surface area (Å²) >= 11 is 4.92. The summed E-state index contributed by atoms with van der Waals surface area (Å²) in [6.07, 6.45) is 1.13. The van der Waals surface area contributed by atoms with Gasteiger partial charge in [0, 0.05) is 20.8 Å². The SMILES string of the molecule is CCCNCc1ccc(COc2ccc(Br)cc2F)s1. The third-order valence-electron chi connectivity index (χ3n) is 2.71. The molecule has 5 heteroatoms. The highest BCUT2D eigenvalue weighted by atomic mass is 79.9. The molecule has 0 fully saturated rings. The summed E-state index contributed by atoms with van der Waals surface area (Å²) in [7, 11) is 0. The van der Waals surface area contributed by atoms with Crippen molar-refractivity contribution in [3.05, 3.63) is 50.4 Å². The zero-order valence-corrected chi connectivity index (χ0v) is 13.7. The van der Waals surface area contributed by atoms with Crippen molar-refractivity contribution >= 4 is 27.3 Å². The van der Waals surface area contributed by atoms with Gasteiger partial charge in [0.1, 0.15) is 6.61 Å². The average molecular weight is 358 g/mol. The Kier molecular flexibility index (Phi) is 6.01. The minimum Gasteiger partial charge on any atom is -0.485 e. The molecule has 1 aromatic carbocycles. The third-order valence-corrected chi connectivity index (χ3v) is 4.26. The lowest BCUT2D eigenvalue weighted by molar-refractivity contribution is 0.293. The van der Waals surface area contributed by atoms with Gasteiger partial charge < -0.3 is 10.1 Å². The lowest BCUT2D eigenvalue weighted by Gasteiger charge is -2.06. The standard InChI is InChI=1S/C15H17BrFNOS/c1-2-7-18-9-12-4-5-13(20-12)10-19-15-6-3-11(16)8-14(15)17/h3-6,8,18H,2,7,9-10H2,1H3. The molecule has 2 rings (SSSR count). The van der Waals surface area contributed by atoms with Crippen LogP contribution in [0.15, 0.2) is 34.8 Å². The molecule has 1 N–H and O–H groups in total. The summed E-state index contributed by atoms with van der Waals surface area (Å²) in [5.74, 6) is -0.0620. The fourth-order valence-corrected chi connectivity index (χ4v) is 2.96. The van der Waals surface area contributed by atoms with Gasteiger partial charge in [-0.15, -0.1) is 11.3 Å². The molecule has 0 amide bonds. The lowest BCUT2D eigenvalue weighted by Crippen LogP contribution is -2.12. The molecule has 0 atom stereocenters. The number of ether oxygens (including phenoxy) is 1. The van der Waals surface area contributed by atoms with E-state index < -0.39 is 0 Å². The summed E-state index contributed by atoms with van der Waals surface area (Å²) in [5.41, 5.74) is 0. The maximum absolute atomic E-state index is 13.6. The highest BCUT2D eigenvalue weighted by Crippen LogP contribution is 2.24. The van der Waals surface area contributed by atoms with Crippen molar-refractivity contribution in [2.75, 3.05) is 6.54 Å². The van der Waals surface area contributed by atoms with Gasteiger partial charge in [-0.2, -0.15) is 0 Å². The van der Waals surface area contributed by atoms with Gasteiger partial charge in [0.25, 0.3) is 0 Å². The van der Waals surface area contributed by atoms with Crippen LogP contribution in [0.3, 0.4) is 0 Å². The van der Waals surface area contributed by atoms with Gasteiger partial charge in [-0.05, 0) is 43.3 Å². The van der Waals surface area contributed by atoms with Crippen molar-refractivity contribution in [1.29, 1.82) is 0 Å². The molecule has 0 aliphatic carbocycles. The Morgan fingerprint density at radius 2 is 2.05 bits per heavy atom. The van der Waals surface area contributed by atoms with Crippen LogP contribution in [-0.2, 0) is 13.2 Å². The largest absolute Gasteiger partial charge is 0.485 e. The molecule has 0 saturated carbocycles. The number of hydrogen-bond acceptors (Lipinski definition) is 3.